The number of ether oxygens (including phenoxy) is 9. The molecule has 14 heteroatoms. The minimum absolute atomic E-state index is 0.0659. The van der Waals surface area contributed by atoms with Crippen LogP contribution in [0, 0.1) is 5.92 Å². The average Bonchev–Trinajstić information content (AvgIpc) is 3.92. The third-order valence-electron chi connectivity index (χ3n) is 10.4. The predicted octanol–water partition coefficient (Wildman–Crippen LogP) is 7.77. The lowest BCUT2D eigenvalue weighted by molar-refractivity contribution is -0.148. The number of hydrogen-bond donors (Lipinski definition) is 0. The molecule has 2 aliphatic heterocycles. The van der Waals surface area contributed by atoms with Crippen LogP contribution in [0.4, 0.5) is 0 Å². The van der Waals surface area contributed by atoms with Crippen LogP contribution in [0.2, 0.25) is 0 Å². The second-order valence-electron chi connectivity index (χ2n) is 15.0. The van der Waals surface area contributed by atoms with Gasteiger partial charge < -0.3 is 42.6 Å². The second kappa shape index (κ2) is 23.6. The van der Waals surface area contributed by atoms with E-state index in [0.29, 0.717) is 37.6 Å². The van der Waals surface area contributed by atoms with Gasteiger partial charge in [-0.1, -0.05) is 56.8 Å². The minimum atomic E-state index is -0.720. The maximum atomic E-state index is 13.0. The highest BCUT2D eigenvalue weighted by Gasteiger charge is 2.51. The molecular formula is C50H52O14. The monoisotopic (exact) mass is 876 g/mol. The zero-order chi connectivity index (χ0) is 45.3. The molecule has 0 N–H and O–H groups in total. The quantitative estimate of drug-likeness (QED) is 0.0247. The number of carbonyl (C=O) groups excluding carboxylic acids is 5. The third-order valence-corrected chi connectivity index (χ3v) is 10.4. The van der Waals surface area contributed by atoms with Crippen LogP contribution in [0.3, 0.4) is 0 Å². The Balaban J connectivity index is 0.881. The Labute approximate surface area is 372 Å². The van der Waals surface area contributed by atoms with Crippen molar-refractivity contribution in [3.05, 3.63) is 132 Å². The van der Waals surface area contributed by atoms with Crippen LogP contribution >= 0.6 is 0 Å². The van der Waals surface area contributed by atoms with Gasteiger partial charge in [0.15, 0.2) is 12.2 Å². The topological polar surface area (TPSA) is 168 Å². The van der Waals surface area contributed by atoms with E-state index >= 15 is 0 Å². The van der Waals surface area contributed by atoms with Crippen LogP contribution in [0.5, 0.6) is 17.2 Å². The lowest BCUT2D eigenvalue weighted by atomic mass is 10.0. The second-order valence-corrected chi connectivity index (χ2v) is 15.0. The van der Waals surface area contributed by atoms with Gasteiger partial charge in [-0.15, -0.1) is 0 Å². The van der Waals surface area contributed by atoms with Gasteiger partial charge in [0.25, 0.3) is 0 Å². The van der Waals surface area contributed by atoms with Crippen molar-refractivity contribution in [2.24, 2.45) is 5.92 Å². The van der Waals surface area contributed by atoms with E-state index < -0.39 is 48.3 Å². The fourth-order valence-electron chi connectivity index (χ4n) is 6.59. The predicted molar refractivity (Wildman–Crippen MR) is 234 cm³/mol. The molecule has 0 bridgehead atoms. The van der Waals surface area contributed by atoms with Gasteiger partial charge in [0.2, 0.25) is 0 Å². The molecule has 2 fully saturated rings. The Bertz CT molecular complexity index is 2210. The van der Waals surface area contributed by atoms with Crippen LogP contribution in [0.25, 0.3) is 17.2 Å². The molecule has 5 atom stereocenters. The van der Waals surface area contributed by atoms with Crippen LogP contribution in [0.15, 0.2) is 116 Å². The van der Waals surface area contributed by atoms with Gasteiger partial charge in [-0.05, 0) is 103 Å². The molecule has 1 unspecified atom stereocenters. The van der Waals surface area contributed by atoms with Gasteiger partial charge in [0.05, 0.1) is 56.7 Å². The summed E-state index contributed by atoms with van der Waals surface area (Å²) in [4.78, 5) is 61.4. The summed E-state index contributed by atoms with van der Waals surface area (Å²) in [7, 11) is 0. The number of rotatable bonds is 22. The average molecular weight is 877 g/mol. The fourth-order valence-corrected chi connectivity index (χ4v) is 6.59. The smallest absolute Gasteiger partial charge is 0.343 e. The van der Waals surface area contributed by atoms with E-state index in [9.17, 15) is 24.0 Å². The zero-order valence-corrected chi connectivity index (χ0v) is 35.9. The zero-order valence-electron chi connectivity index (χ0n) is 35.9. The molecule has 64 heavy (non-hydrogen) atoms. The molecule has 0 aromatic heterocycles. The molecular weight excluding hydrogens is 825 g/mol. The molecule has 4 aromatic carbocycles. The van der Waals surface area contributed by atoms with Gasteiger partial charge in [-0.3, -0.25) is 4.79 Å². The largest absolute Gasteiger partial charge is 0.494 e. The van der Waals surface area contributed by atoms with Crippen molar-refractivity contribution in [3.63, 3.8) is 0 Å². The van der Waals surface area contributed by atoms with Gasteiger partial charge >= 0.3 is 29.8 Å². The van der Waals surface area contributed by atoms with E-state index in [2.05, 4.69) is 6.58 Å². The fraction of sp³-hybridized carbons (Fsp3) is 0.340. The molecule has 336 valence electrons. The highest BCUT2D eigenvalue weighted by Crippen LogP contribution is 2.32. The Morgan fingerprint density at radius 2 is 1.14 bits per heavy atom. The molecule has 0 saturated carbocycles. The number of unbranched alkanes of at least 4 members (excludes halogenated alkanes) is 1. The number of carbonyl (C=O) groups is 5. The van der Waals surface area contributed by atoms with E-state index in [-0.39, 0.29) is 43.0 Å². The molecule has 4 aromatic rings. The summed E-state index contributed by atoms with van der Waals surface area (Å²) in [6, 6.07) is 27.9. The molecule has 0 radical (unpaired) electrons. The molecule has 2 aliphatic rings. The Morgan fingerprint density at radius 1 is 0.625 bits per heavy atom. The first-order valence-electron chi connectivity index (χ1n) is 21.3. The molecule has 6 rings (SSSR count). The molecule has 0 aliphatic carbocycles. The Kier molecular flexibility index (Phi) is 17.2. The summed E-state index contributed by atoms with van der Waals surface area (Å²) in [5, 5.41) is 0. The van der Waals surface area contributed by atoms with E-state index in [0.717, 1.165) is 47.8 Å². The summed E-state index contributed by atoms with van der Waals surface area (Å²) in [5.74, 6) is -0.978. The SMILES string of the molecule is C=CC(=O)OCCCOc1ccc(C(=O)Oc2ccc(C(=O)O[C@@H]3CO[C@H]4[C@@H]3OC[C@@H]4OC(=O)/C=C/c3ccc(-c4ccc(OCCCCOC(=O)C(C)CC)cc4)cc3)cc2)cc1. The summed E-state index contributed by atoms with van der Waals surface area (Å²) in [6.45, 7) is 8.77. The van der Waals surface area contributed by atoms with Crippen LogP contribution < -0.4 is 14.2 Å². The lowest BCUT2D eigenvalue weighted by Crippen LogP contribution is -2.35. The third kappa shape index (κ3) is 13.6. The first-order chi connectivity index (χ1) is 31.1. The highest BCUT2D eigenvalue weighted by atomic mass is 16.7. The summed E-state index contributed by atoms with van der Waals surface area (Å²) in [6.07, 6.45) is 4.27. The van der Waals surface area contributed by atoms with Crippen molar-refractivity contribution in [3.8, 4) is 28.4 Å². The van der Waals surface area contributed by atoms with E-state index in [1.165, 1.54) is 30.3 Å². The first kappa shape index (κ1) is 46.7. The molecule has 14 nitrogen and oxygen atoms in total. The van der Waals surface area contributed by atoms with Crippen LogP contribution in [0.1, 0.15) is 65.8 Å². The summed E-state index contributed by atoms with van der Waals surface area (Å²) in [5.41, 5.74) is 3.35. The molecule has 0 amide bonds. The first-order valence-corrected chi connectivity index (χ1v) is 21.3. The van der Waals surface area contributed by atoms with Gasteiger partial charge in [0, 0.05) is 18.6 Å². The van der Waals surface area contributed by atoms with E-state index in [4.69, 9.17) is 42.6 Å². The summed E-state index contributed by atoms with van der Waals surface area (Å²) < 4.78 is 50.2. The van der Waals surface area contributed by atoms with Crippen molar-refractivity contribution in [1.29, 1.82) is 0 Å². The van der Waals surface area contributed by atoms with Crippen molar-refractivity contribution in [2.45, 2.75) is 63.9 Å². The van der Waals surface area contributed by atoms with Crippen molar-refractivity contribution < 1.29 is 66.6 Å². The maximum Gasteiger partial charge on any atom is 0.343 e. The molecule has 2 heterocycles. The van der Waals surface area contributed by atoms with Crippen molar-refractivity contribution >= 4 is 35.9 Å². The molecule has 2 saturated heterocycles. The van der Waals surface area contributed by atoms with Gasteiger partial charge in [0.1, 0.15) is 29.5 Å². The number of hydrogen-bond acceptors (Lipinski definition) is 14. The Morgan fingerprint density at radius 3 is 1.75 bits per heavy atom. The lowest BCUT2D eigenvalue weighted by Gasteiger charge is -2.17. The number of benzene rings is 4. The van der Waals surface area contributed by atoms with E-state index in [1.54, 1.807) is 30.3 Å². The van der Waals surface area contributed by atoms with Gasteiger partial charge in [-0.25, -0.2) is 19.2 Å². The van der Waals surface area contributed by atoms with Crippen LogP contribution in [-0.4, -0.2) is 93.9 Å². The van der Waals surface area contributed by atoms with Crippen molar-refractivity contribution in [2.75, 3.05) is 39.6 Å². The van der Waals surface area contributed by atoms with E-state index in [1.807, 2.05) is 62.4 Å². The Hall–Kier alpha value is -6.77. The minimum Gasteiger partial charge on any atom is -0.494 e. The standard InChI is InChI=1S/C50H52O14/c1-4-33(3)48(53)59-28-7-6-27-56-39-20-14-36(15-21-39)35-12-9-34(10-13-35)11-26-45(52)63-42-31-60-47-43(32-61-46(42)47)64-50(55)38-18-24-41(25-19-38)62-49(54)37-16-22-40(23-17-37)57-29-8-30-58-44(51)5-2/h5,9-26,33,42-43,46-47H,2,4,6-8,27-32H2,1,3H3/b26-11+/t33?,42-,43+,46+,47+/m0/s1. The highest BCUT2D eigenvalue weighted by molar-refractivity contribution is 5.92. The normalized spacial score (nSPS) is 18.0. The molecule has 0 spiro atoms. The maximum absolute atomic E-state index is 13.0. The van der Waals surface area contributed by atoms with Crippen molar-refractivity contribution in [1.82, 2.24) is 0 Å². The number of fused-ring (bicyclic) bond motifs is 1. The van der Waals surface area contributed by atoms with Gasteiger partial charge in [-0.2, -0.15) is 0 Å². The number of esters is 5. The summed E-state index contributed by atoms with van der Waals surface area (Å²) >= 11 is 0. The van der Waals surface area contributed by atoms with Crippen LogP contribution in [-0.2, 0) is 42.8 Å².